The first-order valence-electron chi connectivity index (χ1n) is 5.36. The molecule has 18 heavy (non-hydrogen) atoms. The van der Waals surface area contributed by atoms with E-state index in [1.165, 1.54) is 6.26 Å². The highest BCUT2D eigenvalue weighted by molar-refractivity contribution is 7.80. The van der Waals surface area contributed by atoms with E-state index in [1.807, 2.05) is 0 Å². The van der Waals surface area contributed by atoms with Crippen LogP contribution in [0.5, 0.6) is 0 Å². The summed E-state index contributed by atoms with van der Waals surface area (Å²) >= 11 is 4.06. The van der Waals surface area contributed by atoms with Crippen molar-refractivity contribution in [1.29, 1.82) is 0 Å². The molecule has 0 aliphatic carbocycles. The Morgan fingerprint density at radius 3 is 2.94 bits per heavy atom. The number of carbonyl (C=O) groups is 1. The molecule has 2 rings (SSSR count). The number of rotatable bonds is 2. The van der Waals surface area contributed by atoms with Crippen molar-refractivity contribution in [3.05, 3.63) is 45.8 Å². The Morgan fingerprint density at radius 2 is 2.22 bits per heavy atom. The molecule has 0 atom stereocenters. The SMILES string of the molecule is O=Cc1coc2ccc(C#CCCS)cc2c1=O. The zero-order chi connectivity index (χ0) is 13.0. The van der Waals surface area contributed by atoms with Gasteiger partial charge < -0.3 is 4.42 Å². The second-order valence-corrected chi connectivity index (χ2v) is 4.07. The van der Waals surface area contributed by atoms with Crippen LogP contribution in [0.2, 0.25) is 0 Å². The summed E-state index contributed by atoms with van der Waals surface area (Å²) in [6.45, 7) is 0. The Bertz CT molecular complexity index is 704. The summed E-state index contributed by atoms with van der Waals surface area (Å²) in [5.74, 6) is 6.56. The van der Waals surface area contributed by atoms with Crippen molar-refractivity contribution in [3.63, 3.8) is 0 Å². The molecule has 90 valence electrons. The molecular weight excluding hydrogens is 248 g/mol. The number of aldehydes is 1. The summed E-state index contributed by atoms with van der Waals surface area (Å²) in [7, 11) is 0. The minimum absolute atomic E-state index is 0.0166. The molecule has 0 fully saturated rings. The van der Waals surface area contributed by atoms with Gasteiger partial charge in [0.2, 0.25) is 5.43 Å². The van der Waals surface area contributed by atoms with E-state index in [0.29, 0.717) is 29.4 Å². The van der Waals surface area contributed by atoms with E-state index in [-0.39, 0.29) is 11.0 Å². The van der Waals surface area contributed by atoms with Gasteiger partial charge in [0.25, 0.3) is 0 Å². The van der Waals surface area contributed by atoms with Crippen LogP contribution in [-0.4, -0.2) is 12.0 Å². The van der Waals surface area contributed by atoms with Crippen LogP contribution in [-0.2, 0) is 0 Å². The van der Waals surface area contributed by atoms with Gasteiger partial charge in [-0.3, -0.25) is 9.59 Å². The van der Waals surface area contributed by atoms with Gasteiger partial charge in [0.05, 0.1) is 10.9 Å². The fourth-order valence-electron chi connectivity index (χ4n) is 1.53. The third kappa shape index (κ3) is 2.47. The Morgan fingerprint density at radius 1 is 1.39 bits per heavy atom. The van der Waals surface area contributed by atoms with Crippen LogP contribution < -0.4 is 5.43 Å². The van der Waals surface area contributed by atoms with Crippen molar-refractivity contribution in [3.8, 4) is 11.8 Å². The van der Waals surface area contributed by atoms with Crippen LogP contribution in [0.1, 0.15) is 22.3 Å². The molecule has 1 heterocycles. The van der Waals surface area contributed by atoms with E-state index in [0.717, 1.165) is 5.56 Å². The largest absolute Gasteiger partial charge is 0.463 e. The summed E-state index contributed by atoms with van der Waals surface area (Å²) < 4.78 is 5.20. The van der Waals surface area contributed by atoms with Crippen molar-refractivity contribution >= 4 is 29.9 Å². The van der Waals surface area contributed by atoms with Crippen LogP contribution in [0.15, 0.2) is 33.7 Å². The third-order valence-electron chi connectivity index (χ3n) is 2.40. The first-order valence-corrected chi connectivity index (χ1v) is 6.00. The van der Waals surface area contributed by atoms with Crippen LogP contribution in [0.4, 0.5) is 0 Å². The molecule has 0 aliphatic rings. The fourth-order valence-corrected chi connectivity index (χ4v) is 1.64. The first kappa shape index (κ1) is 12.5. The molecule has 0 saturated heterocycles. The average Bonchev–Trinajstić information content (AvgIpc) is 2.40. The lowest BCUT2D eigenvalue weighted by Gasteiger charge is -1.98. The van der Waals surface area contributed by atoms with E-state index in [2.05, 4.69) is 24.5 Å². The summed E-state index contributed by atoms with van der Waals surface area (Å²) in [6, 6.07) is 5.09. The molecule has 0 spiro atoms. The zero-order valence-electron chi connectivity index (χ0n) is 9.47. The van der Waals surface area contributed by atoms with Crippen LogP contribution in [0.3, 0.4) is 0 Å². The second-order valence-electron chi connectivity index (χ2n) is 3.62. The molecule has 0 bridgehead atoms. The maximum Gasteiger partial charge on any atom is 0.203 e. The van der Waals surface area contributed by atoms with Gasteiger partial charge >= 0.3 is 0 Å². The number of thiol groups is 1. The predicted molar refractivity (Wildman–Crippen MR) is 73.2 cm³/mol. The number of benzene rings is 1. The van der Waals surface area contributed by atoms with Crippen LogP contribution >= 0.6 is 12.6 Å². The van der Waals surface area contributed by atoms with Crippen molar-refractivity contribution in [1.82, 2.24) is 0 Å². The van der Waals surface area contributed by atoms with Crippen molar-refractivity contribution in [2.24, 2.45) is 0 Å². The van der Waals surface area contributed by atoms with Gasteiger partial charge in [-0.2, -0.15) is 12.6 Å². The minimum atomic E-state index is -0.330. The van der Waals surface area contributed by atoms with Crippen LogP contribution in [0, 0.1) is 11.8 Å². The molecule has 1 aromatic carbocycles. The Hall–Kier alpha value is -1.99. The van der Waals surface area contributed by atoms with Crippen molar-refractivity contribution in [2.45, 2.75) is 6.42 Å². The van der Waals surface area contributed by atoms with E-state index in [1.54, 1.807) is 18.2 Å². The highest BCUT2D eigenvalue weighted by atomic mass is 32.1. The van der Waals surface area contributed by atoms with Gasteiger partial charge in [-0.25, -0.2) is 0 Å². The topological polar surface area (TPSA) is 47.3 Å². The summed E-state index contributed by atoms with van der Waals surface area (Å²) in [5, 5.41) is 0.372. The first-order chi connectivity index (χ1) is 8.76. The number of carbonyl (C=O) groups excluding carboxylic acids is 1. The Labute approximate surface area is 109 Å². The molecule has 2 aromatic rings. The van der Waals surface area contributed by atoms with Crippen molar-refractivity contribution < 1.29 is 9.21 Å². The van der Waals surface area contributed by atoms with Gasteiger partial charge in [0.15, 0.2) is 6.29 Å². The van der Waals surface area contributed by atoms with Gasteiger partial charge in [-0.1, -0.05) is 11.8 Å². The van der Waals surface area contributed by atoms with E-state index in [4.69, 9.17) is 4.42 Å². The Balaban J connectivity index is 2.57. The molecule has 0 N–H and O–H groups in total. The van der Waals surface area contributed by atoms with Gasteiger partial charge in [0.1, 0.15) is 11.8 Å². The van der Waals surface area contributed by atoms with Gasteiger partial charge in [0, 0.05) is 17.7 Å². The Kier molecular flexibility index (Phi) is 3.85. The molecule has 3 nitrogen and oxygen atoms in total. The highest BCUT2D eigenvalue weighted by Gasteiger charge is 2.06. The monoisotopic (exact) mass is 258 g/mol. The summed E-state index contributed by atoms with van der Waals surface area (Å²) in [5.41, 5.74) is 0.858. The maximum absolute atomic E-state index is 11.9. The van der Waals surface area contributed by atoms with E-state index in [9.17, 15) is 9.59 Å². The molecule has 0 amide bonds. The van der Waals surface area contributed by atoms with Crippen LogP contribution in [0.25, 0.3) is 11.0 Å². The standard InChI is InChI=1S/C14H10O3S/c15-8-11-9-17-13-5-4-10(3-1-2-6-18)7-12(13)14(11)16/h4-5,7-9,18H,2,6H2. The van der Waals surface area contributed by atoms with Gasteiger partial charge in [-0.05, 0) is 18.2 Å². The molecule has 1 aromatic heterocycles. The third-order valence-corrected chi connectivity index (χ3v) is 2.62. The number of hydrogen-bond acceptors (Lipinski definition) is 4. The lowest BCUT2D eigenvalue weighted by atomic mass is 10.1. The highest BCUT2D eigenvalue weighted by Crippen LogP contribution is 2.12. The molecule has 0 unspecified atom stereocenters. The lowest BCUT2D eigenvalue weighted by Crippen LogP contribution is -2.07. The zero-order valence-corrected chi connectivity index (χ0v) is 10.4. The second kappa shape index (κ2) is 5.56. The predicted octanol–water partition coefficient (Wildman–Crippen LogP) is 2.28. The maximum atomic E-state index is 11.9. The number of fused-ring (bicyclic) bond motifs is 1. The number of hydrogen-bond donors (Lipinski definition) is 1. The smallest absolute Gasteiger partial charge is 0.203 e. The fraction of sp³-hybridized carbons (Fsp3) is 0.143. The molecule has 0 saturated carbocycles. The minimum Gasteiger partial charge on any atom is -0.463 e. The summed E-state index contributed by atoms with van der Waals surface area (Å²) in [4.78, 5) is 22.6. The molecule has 0 radical (unpaired) electrons. The van der Waals surface area contributed by atoms with Gasteiger partial charge in [-0.15, -0.1) is 0 Å². The van der Waals surface area contributed by atoms with E-state index >= 15 is 0 Å². The lowest BCUT2D eigenvalue weighted by molar-refractivity contribution is 0.112. The normalized spacial score (nSPS) is 9.83. The quantitative estimate of drug-likeness (QED) is 0.510. The van der Waals surface area contributed by atoms with E-state index < -0.39 is 0 Å². The molecular formula is C14H10O3S. The molecule has 0 aliphatic heterocycles. The summed E-state index contributed by atoms with van der Waals surface area (Å²) in [6.07, 6.45) is 2.35. The molecule has 4 heteroatoms. The average molecular weight is 258 g/mol. The van der Waals surface area contributed by atoms with Crippen molar-refractivity contribution in [2.75, 3.05) is 5.75 Å².